The molecular formula is C21H18F3N3O4. The van der Waals surface area contributed by atoms with Crippen LogP contribution in [0.5, 0.6) is 0 Å². The van der Waals surface area contributed by atoms with E-state index in [-0.39, 0.29) is 28.3 Å². The number of H-pyrrole nitrogens is 1. The maximum absolute atomic E-state index is 13.8. The maximum atomic E-state index is 13.8. The van der Waals surface area contributed by atoms with Gasteiger partial charge in [-0.05, 0) is 48.4 Å². The van der Waals surface area contributed by atoms with Crippen LogP contribution in [0.3, 0.4) is 0 Å². The van der Waals surface area contributed by atoms with Crippen LogP contribution >= 0.6 is 0 Å². The molecule has 1 unspecified atom stereocenters. The van der Waals surface area contributed by atoms with Crippen LogP contribution in [-0.4, -0.2) is 21.8 Å². The zero-order valence-corrected chi connectivity index (χ0v) is 16.4. The second-order valence-electron chi connectivity index (χ2n) is 7.86. The topological polar surface area (TPSA) is 105 Å². The standard InChI is InChI=1S/C21H18F3N3O4/c1-9-2-3-12(10-5-15(22)17(24)16(23)6-10)13(4-9)18(28)20(30)26-11-7-14-19(29)27-31-21(14)25-8-11/h5-9,12-13H,2-4H2,1H3,(H,26,30)(H,27,29)/t9-,12+,13?/m0/s1. The van der Waals surface area contributed by atoms with Gasteiger partial charge >= 0.3 is 0 Å². The van der Waals surface area contributed by atoms with E-state index in [2.05, 4.69) is 15.5 Å². The SMILES string of the molecule is C[C@H]1CC[C@H](c2cc(F)c(F)c(F)c2)C(C(=O)C(=O)Nc2cnc3o[nH]c(=O)c3c2)C1. The van der Waals surface area contributed by atoms with Gasteiger partial charge in [-0.25, -0.2) is 18.2 Å². The zero-order valence-electron chi connectivity index (χ0n) is 16.4. The number of rotatable bonds is 4. The Kier molecular flexibility index (Phi) is 5.38. The van der Waals surface area contributed by atoms with Crippen LogP contribution < -0.4 is 10.9 Å². The summed E-state index contributed by atoms with van der Waals surface area (Å²) in [4.78, 5) is 41.1. The molecule has 3 aromatic rings. The van der Waals surface area contributed by atoms with Crippen molar-refractivity contribution < 1.29 is 27.3 Å². The third-order valence-corrected chi connectivity index (χ3v) is 5.70. The number of nitrogens with one attached hydrogen (secondary N) is 2. The zero-order chi connectivity index (χ0) is 22.3. The number of nitrogens with zero attached hydrogens (tertiary/aromatic N) is 1. The Morgan fingerprint density at radius 2 is 1.87 bits per heavy atom. The predicted molar refractivity (Wildman–Crippen MR) is 104 cm³/mol. The van der Waals surface area contributed by atoms with Crippen molar-refractivity contribution in [2.24, 2.45) is 11.8 Å². The van der Waals surface area contributed by atoms with E-state index < -0.39 is 46.5 Å². The van der Waals surface area contributed by atoms with Gasteiger partial charge in [0.15, 0.2) is 17.5 Å². The van der Waals surface area contributed by atoms with E-state index in [1.165, 1.54) is 12.3 Å². The predicted octanol–water partition coefficient (Wildman–Crippen LogP) is 3.66. The van der Waals surface area contributed by atoms with E-state index in [1.54, 1.807) is 0 Å². The number of halogens is 3. The van der Waals surface area contributed by atoms with Gasteiger partial charge in [-0.2, -0.15) is 5.16 Å². The molecule has 2 aromatic heterocycles. The molecule has 2 heterocycles. The van der Waals surface area contributed by atoms with E-state index in [1.807, 2.05) is 6.92 Å². The minimum absolute atomic E-state index is 0.0517. The number of hydrogen-bond acceptors (Lipinski definition) is 5. The molecule has 0 spiro atoms. The quantitative estimate of drug-likeness (QED) is 0.483. The van der Waals surface area contributed by atoms with Gasteiger partial charge in [0.05, 0.1) is 11.9 Å². The lowest BCUT2D eigenvalue weighted by atomic mass is 9.70. The highest BCUT2D eigenvalue weighted by molar-refractivity contribution is 6.41. The summed E-state index contributed by atoms with van der Waals surface area (Å²) in [5, 5.41) is 4.63. The largest absolute Gasteiger partial charge is 0.358 e. The Balaban J connectivity index is 1.59. The smallest absolute Gasteiger partial charge is 0.292 e. The van der Waals surface area contributed by atoms with Crippen LogP contribution in [0.15, 0.2) is 33.7 Å². The van der Waals surface area contributed by atoms with Crippen molar-refractivity contribution in [3.05, 3.63) is 57.8 Å². The molecular weight excluding hydrogens is 415 g/mol. The van der Waals surface area contributed by atoms with Gasteiger partial charge in [0, 0.05) is 5.92 Å². The lowest BCUT2D eigenvalue weighted by Gasteiger charge is -2.34. The molecule has 1 saturated carbocycles. The normalized spacial score (nSPS) is 21.2. The minimum atomic E-state index is -1.58. The first-order chi connectivity index (χ1) is 14.7. The second-order valence-corrected chi connectivity index (χ2v) is 7.86. The van der Waals surface area contributed by atoms with Crippen LogP contribution in [0.1, 0.15) is 37.7 Å². The molecule has 0 bridgehead atoms. The molecule has 0 saturated heterocycles. The van der Waals surface area contributed by atoms with Crippen molar-refractivity contribution in [3.8, 4) is 0 Å². The molecule has 3 atom stereocenters. The third kappa shape index (κ3) is 3.97. The second kappa shape index (κ2) is 8.01. The summed E-state index contributed by atoms with van der Waals surface area (Å²) in [5.41, 5.74) is -0.221. The molecule has 10 heteroatoms. The first kappa shape index (κ1) is 20.8. The Morgan fingerprint density at radius 1 is 1.16 bits per heavy atom. The molecule has 0 radical (unpaired) electrons. The molecule has 162 valence electrons. The number of hydrogen-bond donors (Lipinski definition) is 2. The van der Waals surface area contributed by atoms with Gasteiger partial charge in [0.25, 0.3) is 17.2 Å². The van der Waals surface area contributed by atoms with Crippen molar-refractivity contribution in [2.75, 3.05) is 5.32 Å². The fraction of sp³-hybridized carbons (Fsp3) is 0.333. The number of pyridine rings is 1. The Labute approximate surface area is 173 Å². The number of benzene rings is 1. The van der Waals surface area contributed by atoms with E-state index in [0.717, 1.165) is 12.1 Å². The summed E-state index contributed by atoms with van der Waals surface area (Å²) >= 11 is 0. The first-order valence-electron chi connectivity index (χ1n) is 9.71. The van der Waals surface area contributed by atoms with Gasteiger partial charge in [-0.15, -0.1) is 0 Å². The highest BCUT2D eigenvalue weighted by atomic mass is 19.2. The molecule has 1 aromatic carbocycles. The summed E-state index contributed by atoms with van der Waals surface area (Å²) in [7, 11) is 0. The van der Waals surface area contributed by atoms with Crippen LogP contribution in [-0.2, 0) is 9.59 Å². The van der Waals surface area contributed by atoms with E-state index in [4.69, 9.17) is 4.52 Å². The summed E-state index contributed by atoms with van der Waals surface area (Å²) in [6.45, 7) is 1.92. The Hall–Kier alpha value is -3.43. The molecule has 1 amide bonds. The van der Waals surface area contributed by atoms with Crippen molar-refractivity contribution in [1.29, 1.82) is 0 Å². The fourth-order valence-corrected chi connectivity index (χ4v) is 4.13. The average molecular weight is 433 g/mol. The summed E-state index contributed by atoms with van der Waals surface area (Å²) in [6, 6.07) is 3.07. The van der Waals surface area contributed by atoms with E-state index >= 15 is 0 Å². The highest BCUT2D eigenvalue weighted by Crippen LogP contribution is 2.41. The Bertz CT molecular complexity index is 1210. The number of aromatic nitrogens is 2. The fourth-order valence-electron chi connectivity index (χ4n) is 4.13. The van der Waals surface area contributed by atoms with Crippen LogP contribution in [0.4, 0.5) is 18.9 Å². The number of amides is 1. The average Bonchev–Trinajstić information content (AvgIpc) is 3.11. The number of carbonyl (C=O) groups excluding carboxylic acids is 2. The molecule has 31 heavy (non-hydrogen) atoms. The van der Waals surface area contributed by atoms with Gasteiger partial charge in [-0.3, -0.25) is 14.4 Å². The van der Waals surface area contributed by atoms with Gasteiger partial charge in [0.1, 0.15) is 5.39 Å². The summed E-state index contributed by atoms with van der Waals surface area (Å²) in [5.74, 6) is -7.29. The van der Waals surface area contributed by atoms with Crippen molar-refractivity contribution in [2.45, 2.75) is 32.1 Å². The molecule has 0 aliphatic heterocycles. The lowest BCUT2D eigenvalue weighted by Crippen LogP contribution is -2.36. The molecule has 7 nitrogen and oxygen atoms in total. The number of ketones is 1. The number of aromatic amines is 1. The number of Topliss-reactive ketones (excluding diaryl/α,β-unsaturated/α-hetero) is 1. The highest BCUT2D eigenvalue weighted by Gasteiger charge is 2.38. The first-order valence-corrected chi connectivity index (χ1v) is 9.71. The molecule has 1 fully saturated rings. The van der Waals surface area contributed by atoms with Crippen LogP contribution in [0.25, 0.3) is 11.1 Å². The van der Waals surface area contributed by atoms with Crippen LogP contribution in [0, 0.1) is 29.3 Å². The van der Waals surface area contributed by atoms with Crippen molar-refractivity contribution >= 4 is 28.5 Å². The molecule has 1 aliphatic carbocycles. The van der Waals surface area contributed by atoms with Crippen LogP contribution in [0.2, 0.25) is 0 Å². The Morgan fingerprint density at radius 3 is 2.58 bits per heavy atom. The minimum Gasteiger partial charge on any atom is -0.358 e. The maximum Gasteiger partial charge on any atom is 0.292 e. The lowest BCUT2D eigenvalue weighted by molar-refractivity contribution is -0.138. The van der Waals surface area contributed by atoms with E-state index in [9.17, 15) is 27.6 Å². The molecule has 2 N–H and O–H groups in total. The third-order valence-electron chi connectivity index (χ3n) is 5.70. The van der Waals surface area contributed by atoms with Gasteiger partial charge in [-0.1, -0.05) is 13.3 Å². The van der Waals surface area contributed by atoms with Crippen molar-refractivity contribution in [3.63, 3.8) is 0 Å². The number of anilines is 1. The van der Waals surface area contributed by atoms with Gasteiger partial charge in [0.2, 0.25) is 5.78 Å². The van der Waals surface area contributed by atoms with Gasteiger partial charge < -0.3 is 9.84 Å². The number of carbonyl (C=O) groups is 2. The molecule has 4 rings (SSSR count). The summed E-state index contributed by atoms with van der Waals surface area (Å²) in [6.07, 6.45) is 2.69. The monoisotopic (exact) mass is 433 g/mol. The van der Waals surface area contributed by atoms with Crippen molar-refractivity contribution in [1.82, 2.24) is 10.1 Å². The summed E-state index contributed by atoms with van der Waals surface area (Å²) < 4.78 is 45.7. The number of fused-ring (bicyclic) bond motifs is 1. The molecule has 1 aliphatic rings. The van der Waals surface area contributed by atoms with E-state index in [0.29, 0.717) is 19.3 Å².